The lowest BCUT2D eigenvalue weighted by Gasteiger charge is -2.22. The van der Waals surface area contributed by atoms with Crippen LogP contribution in [0.5, 0.6) is 0 Å². The Morgan fingerprint density at radius 2 is 2.17 bits per heavy atom. The zero-order chi connectivity index (χ0) is 13.0. The summed E-state index contributed by atoms with van der Waals surface area (Å²) >= 11 is 0. The van der Waals surface area contributed by atoms with Gasteiger partial charge in [-0.2, -0.15) is 0 Å². The molecule has 1 fully saturated rings. The molecule has 0 bridgehead atoms. The number of carbonyl (C=O) groups is 1. The molecule has 0 radical (unpaired) electrons. The number of ether oxygens (including phenoxy) is 1. The first kappa shape index (κ1) is 12.8. The van der Waals surface area contributed by atoms with Crippen LogP contribution in [-0.4, -0.2) is 40.5 Å². The zero-order valence-electron chi connectivity index (χ0n) is 10.3. The summed E-state index contributed by atoms with van der Waals surface area (Å²) in [6.07, 6.45) is 3.75. The molecule has 2 rings (SSSR count). The molecule has 0 aromatic carbocycles. The topological polar surface area (TPSA) is 84.3 Å². The van der Waals surface area contributed by atoms with Gasteiger partial charge in [0.1, 0.15) is 5.82 Å². The molecule has 1 aromatic heterocycles. The average Bonchev–Trinajstić information content (AvgIpc) is 2.83. The molecule has 0 saturated heterocycles. The first-order chi connectivity index (χ1) is 8.63. The highest BCUT2D eigenvalue weighted by Gasteiger charge is 2.30. The Hall–Kier alpha value is -1.69. The molecule has 0 unspecified atom stereocenters. The van der Waals surface area contributed by atoms with E-state index < -0.39 is 11.6 Å². The molecule has 1 heterocycles. The molecule has 0 spiro atoms. The summed E-state index contributed by atoms with van der Waals surface area (Å²) < 4.78 is 4.53. The van der Waals surface area contributed by atoms with Gasteiger partial charge in [-0.1, -0.05) is 12.8 Å². The number of hydrogen-bond donors (Lipinski definition) is 2. The van der Waals surface area contributed by atoms with Crippen LogP contribution in [0.15, 0.2) is 12.1 Å². The number of aromatic nitrogens is 2. The standard InChI is InChI=1S/C12H17N3O3/c1-18-11(16)9-4-5-10(15-14-9)13-8-12(17)6-2-3-7-12/h4-5,17H,2-3,6-8H2,1H3,(H,13,15). The third-order valence-electron chi connectivity index (χ3n) is 3.19. The molecule has 18 heavy (non-hydrogen) atoms. The number of nitrogens with zero attached hydrogens (tertiary/aromatic N) is 2. The molecule has 1 aliphatic rings. The van der Waals surface area contributed by atoms with Gasteiger partial charge in [0.25, 0.3) is 0 Å². The fraction of sp³-hybridized carbons (Fsp3) is 0.583. The number of carbonyl (C=O) groups excluding carboxylic acids is 1. The van der Waals surface area contributed by atoms with Crippen molar-refractivity contribution in [1.82, 2.24) is 10.2 Å². The van der Waals surface area contributed by atoms with Crippen molar-refractivity contribution in [1.29, 1.82) is 0 Å². The fourth-order valence-corrected chi connectivity index (χ4v) is 2.10. The Morgan fingerprint density at radius 3 is 2.72 bits per heavy atom. The number of methoxy groups -OCH3 is 1. The van der Waals surface area contributed by atoms with E-state index in [1.807, 2.05) is 0 Å². The molecule has 6 nitrogen and oxygen atoms in total. The molecule has 98 valence electrons. The zero-order valence-corrected chi connectivity index (χ0v) is 10.3. The van der Waals surface area contributed by atoms with Gasteiger partial charge in [-0.3, -0.25) is 0 Å². The van der Waals surface area contributed by atoms with E-state index in [0.717, 1.165) is 25.7 Å². The monoisotopic (exact) mass is 251 g/mol. The minimum Gasteiger partial charge on any atom is -0.464 e. The highest BCUT2D eigenvalue weighted by atomic mass is 16.5. The van der Waals surface area contributed by atoms with E-state index in [0.29, 0.717) is 12.4 Å². The summed E-state index contributed by atoms with van der Waals surface area (Å²) in [4.78, 5) is 11.2. The molecule has 1 aliphatic carbocycles. The quantitative estimate of drug-likeness (QED) is 0.776. The maximum absolute atomic E-state index is 11.2. The second-order valence-electron chi connectivity index (χ2n) is 4.58. The lowest BCUT2D eigenvalue weighted by atomic mass is 10.0. The van der Waals surface area contributed by atoms with E-state index in [9.17, 15) is 9.90 Å². The van der Waals surface area contributed by atoms with Crippen LogP contribution in [0.4, 0.5) is 5.82 Å². The highest BCUT2D eigenvalue weighted by Crippen LogP contribution is 2.29. The van der Waals surface area contributed by atoms with Gasteiger partial charge in [-0.05, 0) is 25.0 Å². The van der Waals surface area contributed by atoms with Crippen LogP contribution in [0.1, 0.15) is 36.2 Å². The summed E-state index contributed by atoms with van der Waals surface area (Å²) in [5.41, 5.74) is -0.467. The van der Waals surface area contributed by atoms with Crippen LogP contribution >= 0.6 is 0 Å². The third-order valence-corrected chi connectivity index (χ3v) is 3.19. The van der Waals surface area contributed by atoms with Crippen LogP contribution in [0.2, 0.25) is 0 Å². The molecule has 1 saturated carbocycles. The van der Waals surface area contributed by atoms with Crippen LogP contribution in [0.25, 0.3) is 0 Å². The maximum atomic E-state index is 11.2. The van der Waals surface area contributed by atoms with E-state index in [4.69, 9.17) is 0 Å². The Labute approximate surface area is 105 Å². The second kappa shape index (κ2) is 5.30. The molecule has 6 heteroatoms. The summed E-state index contributed by atoms with van der Waals surface area (Å²) in [5, 5.41) is 20.8. The van der Waals surface area contributed by atoms with E-state index in [1.165, 1.54) is 7.11 Å². The number of nitrogens with one attached hydrogen (secondary N) is 1. The molecular weight excluding hydrogens is 234 g/mol. The largest absolute Gasteiger partial charge is 0.464 e. The normalized spacial score (nSPS) is 17.4. The molecular formula is C12H17N3O3. The molecule has 0 atom stereocenters. The lowest BCUT2D eigenvalue weighted by Crippen LogP contribution is -2.33. The van der Waals surface area contributed by atoms with Crippen molar-refractivity contribution in [2.75, 3.05) is 19.0 Å². The number of rotatable bonds is 4. The van der Waals surface area contributed by atoms with E-state index in [1.54, 1.807) is 12.1 Å². The Morgan fingerprint density at radius 1 is 1.44 bits per heavy atom. The van der Waals surface area contributed by atoms with Gasteiger partial charge in [0, 0.05) is 6.54 Å². The summed E-state index contributed by atoms with van der Waals surface area (Å²) in [7, 11) is 1.30. The predicted octanol–water partition coefficient (Wildman–Crippen LogP) is 0.980. The first-order valence-corrected chi connectivity index (χ1v) is 6.01. The third kappa shape index (κ3) is 2.95. The lowest BCUT2D eigenvalue weighted by molar-refractivity contribution is 0.0589. The predicted molar refractivity (Wildman–Crippen MR) is 65.3 cm³/mol. The summed E-state index contributed by atoms with van der Waals surface area (Å²) in [5.74, 6) is 0.0337. The minimum atomic E-state index is -0.636. The van der Waals surface area contributed by atoms with E-state index in [2.05, 4.69) is 20.3 Å². The van der Waals surface area contributed by atoms with Gasteiger partial charge in [0.15, 0.2) is 5.69 Å². The van der Waals surface area contributed by atoms with Crippen molar-refractivity contribution in [3.05, 3.63) is 17.8 Å². The van der Waals surface area contributed by atoms with Crippen molar-refractivity contribution in [3.8, 4) is 0 Å². The van der Waals surface area contributed by atoms with Gasteiger partial charge >= 0.3 is 5.97 Å². The number of esters is 1. The number of aliphatic hydroxyl groups is 1. The van der Waals surface area contributed by atoms with Gasteiger partial charge in [0.05, 0.1) is 12.7 Å². The van der Waals surface area contributed by atoms with Gasteiger partial charge in [-0.15, -0.1) is 10.2 Å². The van der Waals surface area contributed by atoms with Crippen molar-refractivity contribution < 1.29 is 14.6 Å². The maximum Gasteiger partial charge on any atom is 0.358 e. The summed E-state index contributed by atoms with van der Waals surface area (Å²) in [6, 6.07) is 3.19. The van der Waals surface area contributed by atoms with Crippen molar-refractivity contribution in [3.63, 3.8) is 0 Å². The Kier molecular flexibility index (Phi) is 3.76. The van der Waals surface area contributed by atoms with Crippen LogP contribution in [0, 0.1) is 0 Å². The summed E-state index contributed by atoms with van der Waals surface area (Å²) in [6.45, 7) is 0.458. The average molecular weight is 251 g/mol. The van der Waals surface area contributed by atoms with Gasteiger partial charge < -0.3 is 15.2 Å². The second-order valence-corrected chi connectivity index (χ2v) is 4.58. The fourth-order valence-electron chi connectivity index (χ4n) is 2.10. The first-order valence-electron chi connectivity index (χ1n) is 6.01. The SMILES string of the molecule is COC(=O)c1ccc(NCC2(O)CCCC2)nn1. The smallest absolute Gasteiger partial charge is 0.358 e. The Bertz CT molecular complexity index is 413. The molecule has 2 N–H and O–H groups in total. The number of anilines is 1. The van der Waals surface area contributed by atoms with Crippen LogP contribution in [0.3, 0.4) is 0 Å². The van der Waals surface area contributed by atoms with Crippen molar-refractivity contribution in [2.24, 2.45) is 0 Å². The van der Waals surface area contributed by atoms with E-state index in [-0.39, 0.29) is 5.69 Å². The minimum absolute atomic E-state index is 0.169. The molecule has 0 amide bonds. The molecule has 0 aliphatic heterocycles. The Balaban J connectivity index is 1.92. The number of hydrogen-bond acceptors (Lipinski definition) is 6. The van der Waals surface area contributed by atoms with Crippen molar-refractivity contribution >= 4 is 11.8 Å². The van der Waals surface area contributed by atoms with Gasteiger partial charge in [-0.25, -0.2) is 4.79 Å². The van der Waals surface area contributed by atoms with Crippen LogP contribution in [-0.2, 0) is 4.74 Å². The molecule has 1 aromatic rings. The van der Waals surface area contributed by atoms with Crippen LogP contribution < -0.4 is 5.32 Å². The highest BCUT2D eigenvalue weighted by molar-refractivity contribution is 5.86. The van der Waals surface area contributed by atoms with Gasteiger partial charge in [0.2, 0.25) is 0 Å². The van der Waals surface area contributed by atoms with Crippen molar-refractivity contribution in [2.45, 2.75) is 31.3 Å². The van der Waals surface area contributed by atoms with E-state index >= 15 is 0 Å².